The van der Waals surface area contributed by atoms with Gasteiger partial charge in [-0.1, -0.05) is 30.3 Å². The maximum atomic E-state index is 11.3. The lowest BCUT2D eigenvalue weighted by molar-refractivity contribution is -0.00241. The van der Waals surface area contributed by atoms with E-state index in [9.17, 15) is 4.79 Å². The molecule has 1 aromatic rings. The second kappa shape index (κ2) is 6.03. The van der Waals surface area contributed by atoms with Gasteiger partial charge in [-0.15, -0.1) is 0 Å². The van der Waals surface area contributed by atoms with E-state index in [0.717, 1.165) is 5.56 Å². The lowest BCUT2D eigenvalue weighted by Gasteiger charge is -2.16. The van der Waals surface area contributed by atoms with Crippen molar-refractivity contribution in [3.05, 3.63) is 35.9 Å². The first-order valence-corrected chi connectivity index (χ1v) is 4.65. The quantitative estimate of drug-likeness (QED) is 0.710. The van der Waals surface area contributed by atoms with Gasteiger partial charge < -0.3 is 14.4 Å². The van der Waals surface area contributed by atoms with Gasteiger partial charge in [-0.2, -0.15) is 0 Å². The fourth-order valence-electron chi connectivity index (χ4n) is 1.14. The highest BCUT2D eigenvalue weighted by Crippen LogP contribution is 2.03. The van der Waals surface area contributed by atoms with Crippen molar-refractivity contribution >= 4 is 6.09 Å². The summed E-state index contributed by atoms with van der Waals surface area (Å²) in [5.41, 5.74) is 1.06. The molecular formula is C11H15NO3. The molecule has 0 spiro atoms. The van der Waals surface area contributed by atoms with Crippen LogP contribution in [0, 0.1) is 0 Å². The standard InChI is InChI=1S/C11H15NO3/c1-12(11(13)15-9-14-2)8-10-6-4-3-5-7-10/h3-7H,8-9H2,1-2H3. The Morgan fingerprint density at radius 2 is 2.00 bits per heavy atom. The molecule has 0 radical (unpaired) electrons. The Labute approximate surface area is 89.4 Å². The SMILES string of the molecule is COCOC(=O)N(C)Cc1ccccc1. The third kappa shape index (κ3) is 3.99. The molecule has 0 bridgehead atoms. The predicted octanol–water partition coefficient (Wildman–Crippen LogP) is 1.86. The van der Waals surface area contributed by atoms with Crippen molar-refractivity contribution in [2.45, 2.75) is 6.54 Å². The first kappa shape index (κ1) is 11.5. The van der Waals surface area contributed by atoms with Crippen molar-refractivity contribution in [2.24, 2.45) is 0 Å². The summed E-state index contributed by atoms with van der Waals surface area (Å²) in [6, 6.07) is 9.72. The molecule has 0 aromatic heterocycles. The van der Waals surface area contributed by atoms with Gasteiger partial charge in [-0.25, -0.2) is 4.79 Å². The Kier molecular flexibility index (Phi) is 4.63. The number of methoxy groups -OCH3 is 1. The van der Waals surface area contributed by atoms with Gasteiger partial charge in [0.2, 0.25) is 0 Å². The van der Waals surface area contributed by atoms with Gasteiger partial charge >= 0.3 is 6.09 Å². The van der Waals surface area contributed by atoms with Crippen LogP contribution in [0.25, 0.3) is 0 Å². The average Bonchev–Trinajstić information content (AvgIpc) is 2.27. The minimum absolute atomic E-state index is 0.0159. The summed E-state index contributed by atoms with van der Waals surface area (Å²) < 4.78 is 9.43. The summed E-state index contributed by atoms with van der Waals surface area (Å²) in [7, 11) is 3.16. The molecule has 82 valence electrons. The molecule has 1 amide bonds. The fraction of sp³-hybridized carbons (Fsp3) is 0.364. The highest BCUT2D eigenvalue weighted by molar-refractivity contribution is 5.67. The smallest absolute Gasteiger partial charge is 0.411 e. The van der Waals surface area contributed by atoms with Crippen LogP contribution in [0.3, 0.4) is 0 Å². The minimum atomic E-state index is -0.388. The largest absolute Gasteiger partial charge is 0.422 e. The summed E-state index contributed by atoms with van der Waals surface area (Å²) in [4.78, 5) is 12.8. The first-order chi connectivity index (χ1) is 7.24. The molecule has 1 rings (SSSR count). The maximum absolute atomic E-state index is 11.3. The van der Waals surface area contributed by atoms with Crippen LogP contribution >= 0.6 is 0 Å². The number of benzene rings is 1. The van der Waals surface area contributed by atoms with Crippen molar-refractivity contribution in [1.82, 2.24) is 4.90 Å². The number of hydrogen-bond donors (Lipinski definition) is 0. The maximum Gasteiger partial charge on any atom is 0.411 e. The average molecular weight is 209 g/mol. The molecular weight excluding hydrogens is 194 g/mol. The van der Waals surface area contributed by atoms with Gasteiger partial charge in [0.05, 0.1) is 0 Å². The Morgan fingerprint density at radius 1 is 1.33 bits per heavy atom. The molecule has 0 N–H and O–H groups in total. The molecule has 1 aromatic carbocycles. The number of rotatable bonds is 4. The number of carbonyl (C=O) groups is 1. The lowest BCUT2D eigenvalue weighted by atomic mass is 10.2. The molecule has 15 heavy (non-hydrogen) atoms. The van der Waals surface area contributed by atoms with E-state index in [4.69, 9.17) is 4.74 Å². The molecule has 0 saturated heterocycles. The Hall–Kier alpha value is -1.55. The minimum Gasteiger partial charge on any atom is -0.422 e. The summed E-state index contributed by atoms with van der Waals surface area (Å²) >= 11 is 0. The zero-order valence-corrected chi connectivity index (χ0v) is 8.97. The Morgan fingerprint density at radius 3 is 2.60 bits per heavy atom. The van der Waals surface area contributed by atoms with Crippen LogP contribution in [0.15, 0.2) is 30.3 Å². The second-order valence-electron chi connectivity index (χ2n) is 3.16. The zero-order valence-electron chi connectivity index (χ0n) is 8.97. The lowest BCUT2D eigenvalue weighted by Crippen LogP contribution is -2.27. The summed E-state index contributed by atoms with van der Waals surface area (Å²) in [5, 5.41) is 0. The second-order valence-corrected chi connectivity index (χ2v) is 3.16. The predicted molar refractivity (Wildman–Crippen MR) is 56.3 cm³/mol. The third-order valence-electron chi connectivity index (χ3n) is 1.87. The van der Waals surface area contributed by atoms with Gasteiger partial charge in [0.25, 0.3) is 0 Å². The fourth-order valence-corrected chi connectivity index (χ4v) is 1.14. The number of amides is 1. The number of ether oxygens (including phenoxy) is 2. The highest BCUT2D eigenvalue weighted by atomic mass is 16.7. The Bertz CT molecular complexity index is 300. The van der Waals surface area contributed by atoms with Gasteiger partial charge in [0.1, 0.15) is 0 Å². The zero-order chi connectivity index (χ0) is 11.1. The molecule has 0 aliphatic heterocycles. The first-order valence-electron chi connectivity index (χ1n) is 4.65. The monoisotopic (exact) mass is 209 g/mol. The van der Waals surface area contributed by atoms with E-state index >= 15 is 0 Å². The van der Waals surface area contributed by atoms with Crippen LogP contribution in [0.1, 0.15) is 5.56 Å². The van der Waals surface area contributed by atoms with Crippen LogP contribution in [-0.2, 0) is 16.0 Å². The molecule has 0 aliphatic rings. The van der Waals surface area contributed by atoms with E-state index in [1.54, 1.807) is 7.05 Å². The van der Waals surface area contributed by atoms with Crippen LogP contribution in [0.5, 0.6) is 0 Å². The molecule has 4 heteroatoms. The van der Waals surface area contributed by atoms with Crippen LogP contribution in [-0.4, -0.2) is 31.9 Å². The van der Waals surface area contributed by atoms with E-state index < -0.39 is 0 Å². The molecule has 4 nitrogen and oxygen atoms in total. The van der Waals surface area contributed by atoms with Gasteiger partial charge in [-0.05, 0) is 5.56 Å². The number of carbonyl (C=O) groups excluding carboxylic acids is 1. The summed E-state index contributed by atoms with van der Waals surface area (Å²) in [6.45, 7) is 0.515. The molecule has 0 heterocycles. The van der Waals surface area contributed by atoms with E-state index in [-0.39, 0.29) is 12.9 Å². The van der Waals surface area contributed by atoms with Crippen molar-refractivity contribution in [3.63, 3.8) is 0 Å². The molecule has 0 unspecified atom stereocenters. The van der Waals surface area contributed by atoms with E-state index in [2.05, 4.69) is 4.74 Å². The topological polar surface area (TPSA) is 38.8 Å². The van der Waals surface area contributed by atoms with Gasteiger partial charge in [0.15, 0.2) is 6.79 Å². The van der Waals surface area contributed by atoms with E-state index in [1.165, 1.54) is 12.0 Å². The molecule has 0 aliphatic carbocycles. The molecule has 0 atom stereocenters. The molecule has 0 saturated carbocycles. The van der Waals surface area contributed by atoms with E-state index in [1.807, 2.05) is 30.3 Å². The van der Waals surface area contributed by atoms with Crippen LogP contribution in [0.4, 0.5) is 4.79 Å². The van der Waals surface area contributed by atoms with Crippen molar-refractivity contribution in [3.8, 4) is 0 Å². The summed E-state index contributed by atoms with van der Waals surface area (Å²) in [5.74, 6) is 0. The third-order valence-corrected chi connectivity index (χ3v) is 1.87. The molecule has 0 fully saturated rings. The van der Waals surface area contributed by atoms with Crippen LogP contribution in [0.2, 0.25) is 0 Å². The van der Waals surface area contributed by atoms with Crippen LogP contribution < -0.4 is 0 Å². The van der Waals surface area contributed by atoms with Gasteiger partial charge in [0, 0.05) is 20.7 Å². The number of nitrogens with zero attached hydrogens (tertiary/aromatic N) is 1. The highest BCUT2D eigenvalue weighted by Gasteiger charge is 2.09. The summed E-state index contributed by atoms with van der Waals surface area (Å²) in [6.07, 6.45) is -0.388. The normalized spacial score (nSPS) is 9.73. The van der Waals surface area contributed by atoms with Gasteiger partial charge in [-0.3, -0.25) is 0 Å². The van der Waals surface area contributed by atoms with Crippen molar-refractivity contribution < 1.29 is 14.3 Å². The Balaban J connectivity index is 2.41. The van der Waals surface area contributed by atoms with Crippen molar-refractivity contribution in [2.75, 3.05) is 21.0 Å². The number of hydrogen-bond acceptors (Lipinski definition) is 3. The van der Waals surface area contributed by atoms with E-state index in [0.29, 0.717) is 6.54 Å². The van der Waals surface area contributed by atoms with Crippen molar-refractivity contribution in [1.29, 1.82) is 0 Å².